The van der Waals surface area contributed by atoms with Gasteiger partial charge in [0.05, 0.1) is 22.8 Å². The van der Waals surface area contributed by atoms with Gasteiger partial charge in [-0.15, -0.1) is 23.7 Å². The van der Waals surface area contributed by atoms with Crippen LogP contribution in [0.2, 0.25) is 0 Å². The second kappa shape index (κ2) is 8.29. The Morgan fingerprint density at radius 2 is 2.24 bits per heavy atom. The van der Waals surface area contributed by atoms with Crippen molar-refractivity contribution < 1.29 is 4.79 Å². The standard InChI is InChI=1S/C17H25N5OS.ClH/c1-10(2)5-15-17(24-11(3)20-15)21-16(23)14-8-18-7-13(14)12-6-19-22(4)9-12;/h6,9-10,13-14,18H,5,7-8H2,1-4H3,(H,21,23);1H/t13-,14+;/m1./s1. The normalized spacial score (nSPS) is 19.9. The van der Waals surface area contributed by atoms with Gasteiger partial charge in [0.1, 0.15) is 5.00 Å². The molecule has 6 nitrogen and oxygen atoms in total. The van der Waals surface area contributed by atoms with Crippen LogP contribution in [0.15, 0.2) is 12.4 Å². The van der Waals surface area contributed by atoms with Crippen molar-refractivity contribution in [1.29, 1.82) is 0 Å². The first-order chi connectivity index (χ1) is 11.4. The molecule has 1 aliphatic rings. The van der Waals surface area contributed by atoms with Crippen molar-refractivity contribution in [3.63, 3.8) is 0 Å². The molecule has 1 fully saturated rings. The Kier molecular flexibility index (Phi) is 6.59. The number of rotatable bonds is 5. The zero-order valence-electron chi connectivity index (χ0n) is 15.1. The maximum atomic E-state index is 12.9. The summed E-state index contributed by atoms with van der Waals surface area (Å²) in [5.74, 6) is 0.672. The zero-order valence-corrected chi connectivity index (χ0v) is 16.7. The fourth-order valence-corrected chi connectivity index (χ4v) is 4.08. The summed E-state index contributed by atoms with van der Waals surface area (Å²) < 4.78 is 1.79. The molecule has 0 saturated carbocycles. The van der Waals surface area contributed by atoms with Crippen LogP contribution in [0.1, 0.15) is 36.0 Å². The molecule has 3 heterocycles. The Bertz CT molecular complexity index is 726. The highest BCUT2D eigenvalue weighted by molar-refractivity contribution is 7.16. The van der Waals surface area contributed by atoms with E-state index >= 15 is 0 Å². The molecule has 2 aromatic rings. The van der Waals surface area contributed by atoms with Gasteiger partial charge < -0.3 is 10.6 Å². The van der Waals surface area contributed by atoms with E-state index in [9.17, 15) is 4.79 Å². The first kappa shape index (κ1) is 19.9. The fraction of sp³-hybridized carbons (Fsp3) is 0.588. The Labute approximate surface area is 158 Å². The van der Waals surface area contributed by atoms with Crippen molar-refractivity contribution >= 4 is 34.7 Å². The number of aryl methyl sites for hydroxylation is 2. The Morgan fingerprint density at radius 3 is 2.88 bits per heavy atom. The topological polar surface area (TPSA) is 71.8 Å². The van der Waals surface area contributed by atoms with Gasteiger partial charge in [-0.2, -0.15) is 5.10 Å². The van der Waals surface area contributed by atoms with Gasteiger partial charge in [-0.1, -0.05) is 13.8 Å². The third kappa shape index (κ3) is 4.59. The summed E-state index contributed by atoms with van der Waals surface area (Å²) >= 11 is 1.56. The van der Waals surface area contributed by atoms with Crippen LogP contribution in [0.5, 0.6) is 0 Å². The number of carbonyl (C=O) groups is 1. The molecule has 1 saturated heterocycles. The smallest absolute Gasteiger partial charge is 0.230 e. The van der Waals surface area contributed by atoms with E-state index in [0.29, 0.717) is 12.5 Å². The molecule has 0 bridgehead atoms. The minimum absolute atomic E-state index is 0. The van der Waals surface area contributed by atoms with Crippen LogP contribution < -0.4 is 10.6 Å². The number of aromatic nitrogens is 3. The van der Waals surface area contributed by atoms with E-state index in [1.165, 1.54) is 0 Å². The van der Waals surface area contributed by atoms with Crippen LogP contribution >= 0.6 is 23.7 Å². The first-order valence-electron chi connectivity index (χ1n) is 8.40. The number of anilines is 1. The van der Waals surface area contributed by atoms with E-state index in [1.807, 2.05) is 26.4 Å². The van der Waals surface area contributed by atoms with Crippen molar-refractivity contribution in [3.8, 4) is 0 Å². The predicted octanol–water partition coefficient (Wildman–Crippen LogP) is 2.75. The quantitative estimate of drug-likeness (QED) is 0.832. The first-order valence-corrected chi connectivity index (χ1v) is 9.22. The van der Waals surface area contributed by atoms with E-state index in [2.05, 4.69) is 34.6 Å². The second-order valence-corrected chi connectivity index (χ2v) is 8.12. The number of amides is 1. The molecule has 138 valence electrons. The Morgan fingerprint density at radius 1 is 1.48 bits per heavy atom. The molecule has 0 spiro atoms. The van der Waals surface area contributed by atoms with E-state index in [-0.39, 0.29) is 30.2 Å². The summed E-state index contributed by atoms with van der Waals surface area (Å²) in [6.45, 7) is 7.83. The average molecular weight is 384 g/mol. The van der Waals surface area contributed by atoms with E-state index in [4.69, 9.17) is 0 Å². The zero-order chi connectivity index (χ0) is 17.3. The fourth-order valence-electron chi connectivity index (χ4n) is 3.23. The van der Waals surface area contributed by atoms with E-state index in [1.54, 1.807) is 16.0 Å². The van der Waals surface area contributed by atoms with Gasteiger partial charge >= 0.3 is 0 Å². The monoisotopic (exact) mass is 383 g/mol. The second-order valence-electron chi connectivity index (χ2n) is 6.91. The van der Waals surface area contributed by atoms with Crippen molar-refractivity contribution in [1.82, 2.24) is 20.1 Å². The van der Waals surface area contributed by atoms with Gasteiger partial charge in [0, 0.05) is 32.3 Å². The average Bonchev–Trinajstić information content (AvgIpc) is 3.19. The molecule has 1 aliphatic heterocycles. The minimum Gasteiger partial charge on any atom is -0.316 e. The van der Waals surface area contributed by atoms with Gasteiger partial charge in [-0.3, -0.25) is 9.48 Å². The third-order valence-corrected chi connectivity index (χ3v) is 5.28. The summed E-state index contributed by atoms with van der Waals surface area (Å²) in [5.41, 5.74) is 2.12. The molecule has 0 aromatic carbocycles. The largest absolute Gasteiger partial charge is 0.316 e. The van der Waals surface area contributed by atoms with Gasteiger partial charge in [0.25, 0.3) is 0 Å². The number of carbonyl (C=O) groups excluding carboxylic acids is 1. The van der Waals surface area contributed by atoms with Crippen LogP contribution in [0, 0.1) is 18.8 Å². The summed E-state index contributed by atoms with van der Waals surface area (Å²) in [6.07, 6.45) is 4.74. The van der Waals surface area contributed by atoms with Crippen molar-refractivity contribution in [3.05, 3.63) is 28.7 Å². The minimum atomic E-state index is -0.0801. The molecule has 3 rings (SSSR count). The van der Waals surface area contributed by atoms with Crippen LogP contribution in [0.4, 0.5) is 5.00 Å². The van der Waals surface area contributed by atoms with Gasteiger partial charge in [-0.05, 0) is 24.8 Å². The highest BCUT2D eigenvalue weighted by atomic mass is 35.5. The molecule has 0 unspecified atom stereocenters. The van der Waals surface area contributed by atoms with Crippen molar-refractivity contribution in [2.45, 2.75) is 33.1 Å². The van der Waals surface area contributed by atoms with Crippen LogP contribution in [0.25, 0.3) is 0 Å². The molecule has 0 aliphatic carbocycles. The van der Waals surface area contributed by atoms with E-state index in [0.717, 1.165) is 34.2 Å². The van der Waals surface area contributed by atoms with Gasteiger partial charge in [0.15, 0.2) is 0 Å². The molecule has 25 heavy (non-hydrogen) atoms. The molecular formula is C17H26ClN5OS. The molecule has 2 N–H and O–H groups in total. The predicted molar refractivity (Wildman–Crippen MR) is 104 cm³/mol. The number of hydrogen-bond acceptors (Lipinski definition) is 5. The lowest BCUT2D eigenvalue weighted by Gasteiger charge is -2.17. The number of nitrogens with zero attached hydrogens (tertiary/aromatic N) is 3. The summed E-state index contributed by atoms with van der Waals surface area (Å²) in [7, 11) is 1.90. The molecular weight excluding hydrogens is 358 g/mol. The molecule has 1 amide bonds. The number of nitrogens with one attached hydrogen (secondary N) is 2. The summed E-state index contributed by atoms with van der Waals surface area (Å²) in [5, 5.41) is 12.6. The Balaban J connectivity index is 0.00000225. The lowest BCUT2D eigenvalue weighted by molar-refractivity contribution is -0.119. The van der Waals surface area contributed by atoms with Crippen molar-refractivity contribution in [2.75, 3.05) is 18.4 Å². The number of hydrogen-bond donors (Lipinski definition) is 2. The van der Waals surface area contributed by atoms with E-state index < -0.39 is 0 Å². The lowest BCUT2D eigenvalue weighted by Crippen LogP contribution is -2.28. The Hall–Kier alpha value is -1.44. The highest BCUT2D eigenvalue weighted by Gasteiger charge is 2.35. The SMILES string of the molecule is Cc1nc(CC(C)C)c(NC(=O)[C@H]2CNC[C@@H]2c2cnn(C)c2)s1.Cl. The lowest BCUT2D eigenvalue weighted by atomic mass is 9.90. The summed E-state index contributed by atoms with van der Waals surface area (Å²) in [6, 6.07) is 0. The number of thiazole rings is 1. The third-order valence-electron chi connectivity index (χ3n) is 4.35. The molecule has 2 aromatic heterocycles. The molecule has 0 radical (unpaired) electrons. The molecule has 2 atom stereocenters. The van der Waals surface area contributed by atoms with Gasteiger partial charge in [0.2, 0.25) is 5.91 Å². The summed E-state index contributed by atoms with van der Waals surface area (Å²) in [4.78, 5) is 17.4. The maximum Gasteiger partial charge on any atom is 0.230 e. The van der Waals surface area contributed by atoms with Gasteiger partial charge in [-0.25, -0.2) is 4.98 Å². The van der Waals surface area contributed by atoms with Crippen LogP contribution in [0.3, 0.4) is 0 Å². The maximum absolute atomic E-state index is 12.9. The molecule has 8 heteroatoms. The van der Waals surface area contributed by atoms with Crippen LogP contribution in [-0.2, 0) is 18.3 Å². The number of halogens is 1. The van der Waals surface area contributed by atoms with Crippen LogP contribution in [-0.4, -0.2) is 33.8 Å². The highest BCUT2D eigenvalue weighted by Crippen LogP contribution is 2.31. The van der Waals surface area contributed by atoms with Crippen molar-refractivity contribution in [2.24, 2.45) is 18.9 Å².